The first-order valence-corrected chi connectivity index (χ1v) is 6.27. The van der Waals surface area contributed by atoms with Gasteiger partial charge in [-0.15, -0.1) is 0 Å². The number of hydrogen-bond acceptors (Lipinski definition) is 2. The predicted molar refractivity (Wildman–Crippen MR) is 62.5 cm³/mol. The Balaban J connectivity index is 2.19. The number of carbonyl (C=O) groups is 1. The van der Waals surface area contributed by atoms with E-state index in [1.807, 2.05) is 30.0 Å². The SMILES string of the molecule is O=C(O)c1cccc(C2CCCCS2)c1. The van der Waals surface area contributed by atoms with E-state index in [1.165, 1.54) is 30.6 Å². The summed E-state index contributed by atoms with van der Waals surface area (Å²) in [6.07, 6.45) is 3.72. The molecule has 1 unspecified atom stereocenters. The van der Waals surface area contributed by atoms with E-state index < -0.39 is 5.97 Å². The highest BCUT2D eigenvalue weighted by molar-refractivity contribution is 7.99. The van der Waals surface area contributed by atoms with Crippen molar-refractivity contribution < 1.29 is 9.90 Å². The van der Waals surface area contributed by atoms with Crippen LogP contribution < -0.4 is 0 Å². The maximum absolute atomic E-state index is 10.8. The molecule has 0 amide bonds. The second kappa shape index (κ2) is 4.71. The highest BCUT2D eigenvalue weighted by Gasteiger charge is 2.16. The lowest BCUT2D eigenvalue weighted by molar-refractivity contribution is 0.0697. The molecule has 0 aromatic heterocycles. The van der Waals surface area contributed by atoms with E-state index in [4.69, 9.17) is 5.11 Å². The van der Waals surface area contributed by atoms with E-state index in [2.05, 4.69) is 0 Å². The van der Waals surface area contributed by atoms with Crippen molar-refractivity contribution >= 4 is 17.7 Å². The molecule has 0 saturated carbocycles. The van der Waals surface area contributed by atoms with Gasteiger partial charge in [0.15, 0.2) is 0 Å². The van der Waals surface area contributed by atoms with Crippen LogP contribution in [0.1, 0.15) is 40.4 Å². The Labute approximate surface area is 93.7 Å². The van der Waals surface area contributed by atoms with Gasteiger partial charge in [0, 0.05) is 5.25 Å². The Bertz CT molecular complexity index is 356. The third kappa shape index (κ3) is 2.53. The first-order chi connectivity index (χ1) is 7.27. The Morgan fingerprint density at radius 3 is 2.93 bits per heavy atom. The third-order valence-corrected chi connectivity index (χ3v) is 4.12. The smallest absolute Gasteiger partial charge is 0.335 e. The number of carboxylic acid groups (broad SMARTS) is 1. The van der Waals surface area contributed by atoms with E-state index in [9.17, 15) is 4.79 Å². The second-order valence-corrected chi connectivity index (χ2v) is 5.10. The van der Waals surface area contributed by atoms with E-state index in [1.54, 1.807) is 6.07 Å². The summed E-state index contributed by atoms with van der Waals surface area (Å²) in [6, 6.07) is 7.34. The van der Waals surface area contributed by atoms with Crippen LogP contribution in [0.2, 0.25) is 0 Å². The van der Waals surface area contributed by atoms with Crippen LogP contribution in [0.5, 0.6) is 0 Å². The van der Waals surface area contributed by atoms with Gasteiger partial charge in [0.2, 0.25) is 0 Å². The molecule has 1 aliphatic rings. The Hall–Kier alpha value is -0.960. The minimum absolute atomic E-state index is 0.402. The molecule has 1 fully saturated rings. The zero-order chi connectivity index (χ0) is 10.7. The van der Waals surface area contributed by atoms with Crippen LogP contribution in [-0.2, 0) is 0 Å². The highest BCUT2D eigenvalue weighted by Crippen LogP contribution is 2.38. The van der Waals surface area contributed by atoms with Gasteiger partial charge in [-0.3, -0.25) is 0 Å². The van der Waals surface area contributed by atoms with E-state index >= 15 is 0 Å². The molecule has 1 aliphatic heterocycles. The molecule has 2 rings (SSSR count). The lowest BCUT2D eigenvalue weighted by Crippen LogP contribution is -2.04. The van der Waals surface area contributed by atoms with Gasteiger partial charge in [0.05, 0.1) is 5.56 Å². The molecule has 3 heteroatoms. The molecule has 1 heterocycles. The zero-order valence-electron chi connectivity index (χ0n) is 8.48. The average molecular weight is 222 g/mol. The Morgan fingerprint density at radius 1 is 1.40 bits per heavy atom. The summed E-state index contributed by atoms with van der Waals surface area (Å²) >= 11 is 1.94. The molecule has 1 aromatic carbocycles. The summed E-state index contributed by atoms with van der Waals surface area (Å²) in [6.45, 7) is 0. The normalized spacial score (nSPS) is 21.2. The van der Waals surface area contributed by atoms with Crippen molar-refractivity contribution in [2.75, 3.05) is 5.75 Å². The molecule has 0 spiro atoms. The lowest BCUT2D eigenvalue weighted by Gasteiger charge is -2.21. The van der Waals surface area contributed by atoms with Gasteiger partial charge in [-0.1, -0.05) is 18.6 Å². The maximum Gasteiger partial charge on any atom is 0.335 e. The van der Waals surface area contributed by atoms with Gasteiger partial charge in [-0.25, -0.2) is 4.79 Å². The van der Waals surface area contributed by atoms with Crippen LogP contribution in [-0.4, -0.2) is 16.8 Å². The van der Waals surface area contributed by atoms with Gasteiger partial charge in [-0.2, -0.15) is 11.8 Å². The molecule has 1 aromatic rings. The molecule has 0 radical (unpaired) electrons. The second-order valence-electron chi connectivity index (χ2n) is 3.79. The van der Waals surface area contributed by atoms with Gasteiger partial charge < -0.3 is 5.11 Å². The molecule has 15 heavy (non-hydrogen) atoms. The quantitative estimate of drug-likeness (QED) is 0.833. The summed E-state index contributed by atoms with van der Waals surface area (Å²) < 4.78 is 0. The fourth-order valence-corrected chi connectivity index (χ4v) is 3.20. The summed E-state index contributed by atoms with van der Waals surface area (Å²) in [5.74, 6) is 0.361. The topological polar surface area (TPSA) is 37.3 Å². The minimum atomic E-state index is -0.836. The van der Waals surface area contributed by atoms with Crippen LogP contribution in [0.25, 0.3) is 0 Å². The lowest BCUT2D eigenvalue weighted by atomic mass is 10.0. The monoisotopic (exact) mass is 222 g/mol. The Kier molecular flexibility index (Phi) is 3.31. The van der Waals surface area contributed by atoms with E-state index in [-0.39, 0.29) is 0 Å². The van der Waals surface area contributed by atoms with Crippen LogP contribution in [0.4, 0.5) is 0 Å². The maximum atomic E-state index is 10.8. The molecule has 1 atom stereocenters. The van der Waals surface area contributed by atoms with Crippen molar-refractivity contribution in [2.45, 2.75) is 24.5 Å². The average Bonchev–Trinajstić information content (AvgIpc) is 2.30. The largest absolute Gasteiger partial charge is 0.478 e. The number of thioether (sulfide) groups is 1. The first kappa shape index (κ1) is 10.6. The molecule has 0 bridgehead atoms. The van der Waals surface area contributed by atoms with Crippen molar-refractivity contribution in [1.29, 1.82) is 0 Å². The van der Waals surface area contributed by atoms with E-state index in [0.717, 1.165) is 0 Å². The van der Waals surface area contributed by atoms with Gasteiger partial charge in [0.25, 0.3) is 0 Å². The third-order valence-electron chi connectivity index (χ3n) is 2.69. The number of rotatable bonds is 2. The van der Waals surface area contributed by atoms with Crippen molar-refractivity contribution in [2.24, 2.45) is 0 Å². The van der Waals surface area contributed by atoms with Crippen molar-refractivity contribution in [3.8, 4) is 0 Å². The standard InChI is InChI=1S/C12H14O2S/c13-12(14)10-5-3-4-9(8-10)11-6-1-2-7-15-11/h3-5,8,11H,1-2,6-7H2,(H,13,14). The minimum Gasteiger partial charge on any atom is -0.478 e. The Morgan fingerprint density at radius 2 is 2.27 bits per heavy atom. The molecular weight excluding hydrogens is 208 g/mol. The van der Waals surface area contributed by atoms with Crippen LogP contribution in [0.15, 0.2) is 24.3 Å². The van der Waals surface area contributed by atoms with E-state index in [0.29, 0.717) is 10.8 Å². The van der Waals surface area contributed by atoms with Crippen molar-refractivity contribution in [1.82, 2.24) is 0 Å². The van der Waals surface area contributed by atoms with Crippen molar-refractivity contribution in [3.63, 3.8) is 0 Å². The molecule has 1 saturated heterocycles. The van der Waals surface area contributed by atoms with Crippen LogP contribution in [0.3, 0.4) is 0 Å². The molecule has 1 N–H and O–H groups in total. The highest BCUT2D eigenvalue weighted by atomic mass is 32.2. The molecular formula is C12H14O2S. The van der Waals surface area contributed by atoms with Gasteiger partial charge >= 0.3 is 5.97 Å². The summed E-state index contributed by atoms with van der Waals surface area (Å²) in [5, 5.41) is 9.40. The molecule has 80 valence electrons. The summed E-state index contributed by atoms with van der Waals surface area (Å²) in [4.78, 5) is 10.8. The molecule has 0 aliphatic carbocycles. The van der Waals surface area contributed by atoms with Gasteiger partial charge in [0.1, 0.15) is 0 Å². The number of aromatic carboxylic acids is 1. The number of carboxylic acids is 1. The van der Waals surface area contributed by atoms with Crippen molar-refractivity contribution in [3.05, 3.63) is 35.4 Å². The van der Waals surface area contributed by atoms with Gasteiger partial charge in [-0.05, 0) is 36.3 Å². The first-order valence-electron chi connectivity index (χ1n) is 5.22. The zero-order valence-corrected chi connectivity index (χ0v) is 9.30. The van der Waals surface area contributed by atoms with Crippen LogP contribution >= 0.6 is 11.8 Å². The summed E-state index contributed by atoms with van der Waals surface area (Å²) in [5.41, 5.74) is 1.57. The fraction of sp³-hybridized carbons (Fsp3) is 0.417. The van der Waals surface area contributed by atoms with Crippen LogP contribution in [0, 0.1) is 0 Å². The number of benzene rings is 1. The molecule has 2 nitrogen and oxygen atoms in total. The predicted octanol–water partition coefficient (Wildman–Crippen LogP) is 3.34. The number of hydrogen-bond donors (Lipinski definition) is 1. The summed E-state index contributed by atoms with van der Waals surface area (Å²) in [7, 11) is 0. The fourth-order valence-electron chi connectivity index (χ4n) is 1.88.